The summed E-state index contributed by atoms with van der Waals surface area (Å²) in [6, 6.07) is 8.68. The van der Waals surface area contributed by atoms with Crippen molar-refractivity contribution >= 4 is 39.6 Å². The maximum atomic E-state index is 11.9. The summed E-state index contributed by atoms with van der Waals surface area (Å²) in [6.07, 6.45) is 4.42. The largest absolute Gasteiger partial charge is 0.356 e. The normalized spacial score (nSPS) is 24.5. The minimum Gasteiger partial charge on any atom is -0.356 e. The van der Waals surface area contributed by atoms with Gasteiger partial charge in [0.05, 0.1) is 12.1 Å². The molecule has 2 fully saturated rings. The van der Waals surface area contributed by atoms with E-state index in [4.69, 9.17) is 0 Å². The highest BCUT2D eigenvalue weighted by Gasteiger charge is 2.42. The van der Waals surface area contributed by atoms with Gasteiger partial charge in [-0.2, -0.15) is 11.8 Å². The van der Waals surface area contributed by atoms with Crippen molar-refractivity contribution in [3.63, 3.8) is 0 Å². The molecule has 2 aliphatic heterocycles. The molecule has 0 radical (unpaired) electrons. The van der Waals surface area contributed by atoms with E-state index in [2.05, 4.69) is 44.0 Å². The summed E-state index contributed by atoms with van der Waals surface area (Å²) in [7, 11) is 0. The number of hydrogen-bond donors (Lipinski definition) is 3. The molecule has 2 heterocycles. The Bertz CT molecular complexity index is 611. The molecule has 3 N–H and O–H groups in total. The van der Waals surface area contributed by atoms with Crippen molar-refractivity contribution in [2.24, 2.45) is 0 Å². The summed E-state index contributed by atoms with van der Waals surface area (Å²) in [6.45, 7) is 0.681. The lowest BCUT2D eigenvalue weighted by atomic mass is 10.0. The van der Waals surface area contributed by atoms with E-state index in [9.17, 15) is 9.59 Å². The van der Waals surface area contributed by atoms with Gasteiger partial charge in [0.1, 0.15) is 0 Å². The van der Waals surface area contributed by atoms with E-state index in [-0.39, 0.29) is 24.0 Å². The first-order valence-corrected chi connectivity index (χ1v) is 10.7. The molecular weight excluding hydrogens is 402 g/mol. The average Bonchev–Trinajstić information content (AvgIpc) is 3.13. The van der Waals surface area contributed by atoms with Gasteiger partial charge in [0.15, 0.2) is 0 Å². The minimum atomic E-state index is -0.0366. The maximum absolute atomic E-state index is 11.9. The lowest BCUT2D eigenvalue weighted by Gasteiger charge is -2.16. The smallest absolute Gasteiger partial charge is 0.315 e. The van der Waals surface area contributed by atoms with Crippen LogP contribution < -0.4 is 16.0 Å². The Morgan fingerprint density at radius 1 is 1.24 bits per heavy atom. The molecule has 2 aliphatic rings. The van der Waals surface area contributed by atoms with Crippen LogP contribution in [0.3, 0.4) is 0 Å². The van der Waals surface area contributed by atoms with Crippen LogP contribution in [0, 0.1) is 0 Å². The standard InChI is InChI=1S/C18H24BrN3O2S/c19-13-7-5-12(6-8-13)9-10-20-16(23)4-2-1-3-15-17-14(11-25-15)21-18(24)22-17/h5-8,14-15,17H,1-4,9-11H2,(H,20,23)(H2,21,22,24)/t14-,15-,17-/m0/s1. The van der Waals surface area contributed by atoms with E-state index in [1.807, 2.05) is 23.9 Å². The predicted octanol–water partition coefficient (Wildman–Crippen LogP) is 2.83. The van der Waals surface area contributed by atoms with Crippen LogP contribution in [-0.4, -0.2) is 41.6 Å². The van der Waals surface area contributed by atoms with E-state index in [1.165, 1.54) is 5.56 Å². The van der Waals surface area contributed by atoms with Gasteiger partial charge in [-0.1, -0.05) is 34.5 Å². The third kappa shape index (κ3) is 5.38. The Kier molecular flexibility index (Phi) is 6.64. The molecule has 1 aromatic carbocycles. The Labute approximate surface area is 161 Å². The zero-order valence-corrected chi connectivity index (χ0v) is 16.5. The lowest BCUT2D eigenvalue weighted by Crippen LogP contribution is -2.36. The Hall–Kier alpha value is -1.21. The monoisotopic (exact) mass is 425 g/mol. The van der Waals surface area contributed by atoms with Crippen LogP contribution in [0.5, 0.6) is 0 Å². The van der Waals surface area contributed by atoms with Gasteiger partial charge in [-0.25, -0.2) is 4.79 Å². The molecule has 2 saturated heterocycles. The van der Waals surface area contributed by atoms with Crippen LogP contribution in [0.4, 0.5) is 4.79 Å². The van der Waals surface area contributed by atoms with Crippen molar-refractivity contribution in [1.82, 2.24) is 16.0 Å². The number of fused-ring (bicyclic) bond motifs is 1. The van der Waals surface area contributed by atoms with Crippen molar-refractivity contribution < 1.29 is 9.59 Å². The average molecular weight is 426 g/mol. The van der Waals surface area contributed by atoms with Crippen LogP contribution in [0.2, 0.25) is 0 Å². The predicted molar refractivity (Wildman–Crippen MR) is 105 cm³/mol. The molecule has 0 aromatic heterocycles. The number of hydrogen-bond acceptors (Lipinski definition) is 3. The summed E-state index contributed by atoms with van der Waals surface area (Å²) in [5.74, 6) is 1.12. The van der Waals surface area contributed by atoms with E-state index < -0.39 is 0 Å². The first-order valence-electron chi connectivity index (χ1n) is 8.81. The number of benzene rings is 1. The van der Waals surface area contributed by atoms with Gasteiger partial charge in [-0.05, 0) is 37.0 Å². The number of unbranched alkanes of at least 4 members (excludes halogenated alkanes) is 1. The molecule has 7 heteroatoms. The topological polar surface area (TPSA) is 70.2 Å². The molecule has 3 atom stereocenters. The SMILES string of the molecule is O=C(CCCC[C@@H]1SC[C@@H]2NC(=O)N[C@@H]21)NCCc1ccc(Br)cc1. The summed E-state index contributed by atoms with van der Waals surface area (Å²) >= 11 is 5.35. The number of amides is 3. The fourth-order valence-corrected chi connectivity index (χ4v) is 5.17. The molecular formula is C18H24BrN3O2S. The van der Waals surface area contributed by atoms with Crippen LogP contribution in [0.1, 0.15) is 31.2 Å². The van der Waals surface area contributed by atoms with Crippen LogP contribution in [-0.2, 0) is 11.2 Å². The molecule has 0 aliphatic carbocycles. The molecule has 25 heavy (non-hydrogen) atoms. The second-order valence-corrected chi connectivity index (χ2v) is 8.78. The summed E-state index contributed by atoms with van der Waals surface area (Å²) in [5.41, 5.74) is 1.23. The van der Waals surface area contributed by atoms with Crippen LogP contribution >= 0.6 is 27.7 Å². The van der Waals surface area contributed by atoms with E-state index in [0.717, 1.165) is 35.9 Å². The number of thioether (sulfide) groups is 1. The Morgan fingerprint density at radius 3 is 2.84 bits per heavy atom. The fraction of sp³-hybridized carbons (Fsp3) is 0.556. The van der Waals surface area contributed by atoms with E-state index >= 15 is 0 Å². The second-order valence-electron chi connectivity index (χ2n) is 6.59. The first-order chi connectivity index (χ1) is 12.1. The van der Waals surface area contributed by atoms with Crippen molar-refractivity contribution in [3.05, 3.63) is 34.3 Å². The van der Waals surface area contributed by atoms with E-state index in [1.54, 1.807) is 0 Å². The van der Waals surface area contributed by atoms with Gasteiger partial charge in [0, 0.05) is 28.4 Å². The molecule has 5 nitrogen and oxygen atoms in total. The molecule has 3 amide bonds. The van der Waals surface area contributed by atoms with Gasteiger partial charge in [-0.15, -0.1) is 0 Å². The molecule has 3 rings (SSSR count). The highest BCUT2D eigenvalue weighted by atomic mass is 79.9. The number of nitrogens with one attached hydrogen (secondary N) is 3. The Morgan fingerprint density at radius 2 is 2.04 bits per heavy atom. The van der Waals surface area contributed by atoms with Crippen molar-refractivity contribution in [1.29, 1.82) is 0 Å². The number of rotatable bonds is 8. The number of halogens is 1. The maximum Gasteiger partial charge on any atom is 0.315 e. The van der Waals surface area contributed by atoms with Gasteiger partial charge >= 0.3 is 6.03 Å². The molecule has 0 spiro atoms. The zero-order chi connectivity index (χ0) is 17.6. The molecule has 0 unspecified atom stereocenters. The lowest BCUT2D eigenvalue weighted by molar-refractivity contribution is -0.121. The van der Waals surface area contributed by atoms with E-state index in [0.29, 0.717) is 18.2 Å². The van der Waals surface area contributed by atoms with Crippen molar-refractivity contribution in [2.45, 2.75) is 49.4 Å². The van der Waals surface area contributed by atoms with Crippen LogP contribution in [0.25, 0.3) is 0 Å². The number of carbonyl (C=O) groups is 2. The zero-order valence-electron chi connectivity index (χ0n) is 14.1. The number of urea groups is 1. The van der Waals surface area contributed by atoms with Crippen LogP contribution in [0.15, 0.2) is 28.7 Å². The first kappa shape index (κ1) is 18.6. The highest BCUT2D eigenvalue weighted by molar-refractivity contribution is 9.10. The minimum absolute atomic E-state index is 0.0366. The highest BCUT2D eigenvalue weighted by Crippen LogP contribution is 2.33. The number of carbonyl (C=O) groups excluding carboxylic acids is 2. The van der Waals surface area contributed by atoms with Crippen molar-refractivity contribution in [2.75, 3.05) is 12.3 Å². The van der Waals surface area contributed by atoms with Gasteiger partial charge in [0.25, 0.3) is 0 Å². The molecule has 0 bridgehead atoms. The molecule has 1 aromatic rings. The van der Waals surface area contributed by atoms with Crippen molar-refractivity contribution in [3.8, 4) is 0 Å². The molecule has 0 saturated carbocycles. The summed E-state index contributed by atoms with van der Waals surface area (Å²) in [4.78, 5) is 23.3. The van der Waals surface area contributed by atoms with Gasteiger partial charge in [-0.3, -0.25) is 4.79 Å². The quantitative estimate of drug-likeness (QED) is 0.442. The summed E-state index contributed by atoms with van der Waals surface area (Å²) in [5, 5.41) is 9.44. The van der Waals surface area contributed by atoms with Gasteiger partial charge in [0.2, 0.25) is 5.91 Å². The fourth-order valence-electron chi connectivity index (χ4n) is 3.36. The van der Waals surface area contributed by atoms with Gasteiger partial charge < -0.3 is 16.0 Å². The third-order valence-corrected chi connectivity index (χ3v) is 6.77. The Balaban J connectivity index is 1.26. The summed E-state index contributed by atoms with van der Waals surface area (Å²) < 4.78 is 1.07. The third-order valence-electron chi connectivity index (χ3n) is 4.73. The second kappa shape index (κ2) is 8.94. The molecule has 136 valence electrons.